The maximum atomic E-state index is 11.0. The number of carbonyl (C=O) groups excluding carboxylic acids is 1. The van der Waals surface area contributed by atoms with Crippen molar-refractivity contribution in [2.24, 2.45) is 17.8 Å². The lowest BCUT2D eigenvalue weighted by Gasteiger charge is -2.30. The maximum absolute atomic E-state index is 11.0. The van der Waals surface area contributed by atoms with Gasteiger partial charge in [0, 0.05) is 6.42 Å². The number of carbonyl (C=O) groups is 1. The highest BCUT2D eigenvalue weighted by Gasteiger charge is 2.24. The third kappa shape index (κ3) is 3.50. The summed E-state index contributed by atoms with van der Waals surface area (Å²) in [7, 11) is 0. The summed E-state index contributed by atoms with van der Waals surface area (Å²) in [5.41, 5.74) is 0. The lowest BCUT2D eigenvalue weighted by Crippen LogP contribution is -2.21. The molecule has 0 saturated heterocycles. The zero-order valence-corrected chi connectivity index (χ0v) is 9.18. The van der Waals surface area contributed by atoms with Crippen molar-refractivity contribution < 1.29 is 4.79 Å². The van der Waals surface area contributed by atoms with E-state index >= 15 is 0 Å². The minimum absolute atomic E-state index is 0.353. The van der Waals surface area contributed by atoms with Gasteiger partial charge in [-0.25, -0.2) is 0 Å². The van der Waals surface area contributed by atoms with Crippen LogP contribution in [0.3, 0.4) is 0 Å². The van der Waals surface area contributed by atoms with Gasteiger partial charge in [0.25, 0.3) is 0 Å². The summed E-state index contributed by atoms with van der Waals surface area (Å²) in [6, 6.07) is 0. The van der Waals surface area contributed by atoms with Gasteiger partial charge in [-0.15, -0.1) is 0 Å². The Hall–Kier alpha value is -0.330. The molecule has 0 aromatic carbocycles. The van der Waals surface area contributed by atoms with Crippen molar-refractivity contribution >= 4 is 5.78 Å². The highest BCUT2D eigenvalue weighted by molar-refractivity contribution is 5.75. The molecule has 0 aliphatic heterocycles. The first-order valence-corrected chi connectivity index (χ1v) is 5.59. The average molecular weight is 182 g/mol. The molecule has 3 unspecified atom stereocenters. The van der Waals surface area contributed by atoms with Crippen LogP contribution in [-0.4, -0.2) is 5.78 Å². The molecule has 1 heteroatoms. The molecule has 0 radical (unpaired) electrons. The second-order valence-corrected chi connectivity index (χ2v) is 4.92. The Morgan fingerprint density at radius 2 is 2.15 bits per heavy atom. The van der Waals surface area contributed by atoms with E-state index in [0.717, 1.165) is 18.3 Å². The van der Waals surface area contributed by atoms with Gasteiger partial charge in [-0.1, -0.05) is 33.1 Å². The highest BCUT2D eigenvalue weighted by Crippen LogP contribution is 2.34. The number of rotatable bonds is 3. The van der Waals surface area contributed by atoms with Crippen molar-refractivity contribution in [1.29, 1.82) is 0 Å². The monoisotopic (exact) mass is 182 g/mol. The first kappa shape index (κ1) is 10.7. The van der Waals surface area contributed by atoms with E-state index in [1.54, 1.807) is 6.92 Å². The predicted octanol–water partition coefficient (Wildman–Crippen LogP) is 3.43. The van der Waals surface area contributed by atoms with Gasteiger partial charge in [-0.3, -0.25) is 0 Å². The minimum Gasteiger partial charge on any atom is -0.300 e. The van der Waals surface area contributed by atoms with Gasteiger partial charge in [0.05, 0.1) is 0 Å². The molecule has 0 bridgehead atoms. The lowest BCUT2D eigenvalue weighted by atomic mass is 9.75. The van der Waals surface area contributed by atoms with Crippen LogP contribution in [0.1, 0.15) is 52.9 Å². The van der Waals surface area contributed by atoms with Crippen LogP contribution in [0.2, 0.25) is 0 Å². The Morgan fingerprint density at radius 3 is 2.69 bits per heavy atom. The van der Waals surface area contributed by atoms with Gasteiger partial charge in [-0.05, 0) is 31.1 Å². The number of Topliss-reactive ketones (excluding diaryl/α,β-unsaturated/α-hetero) is 1. The van der Waals surface area contributed by atoms with Crippen molar-refractivity contribution in [3.8, 4) is 0 Å². The molecule has 1 aliphatic rings. The van der Waals surface area contributed by atoms with Crippen LogP contribution in [0.5, 0.6) is 0 Å². The molecule has 1 fully saturated rings. The summed E-state index contributed by atoms with van der Waals surface area (Å²) in [5.74, 6) is 2.66. The molecule has 76 valence electrons. The Balaban J connectivity index is 2.36. The number of ketones is 1. The van der Waals surface area contributed by atoms with E-state index < -0.39 is 0 Å². The molecular weight excluding hydrogens is 160 g/mol. The Kier molecular flexibility index (Phi) is 3.95. The van der Waals surface area contributed by atoms with Crippen molar-refractivity contribution in [3.05, 3.63) is 0 Å². The summed E-state index contributed by atoms with van der Waals surface area (Å²) >= 11 is 0. The highest BCUT2D eigenvalue weighted by atomic mass is 16.1. The van der Waals surface area contributed by atoms with Crippen LogP contribution in [0.25, 0.3) is 0 Å². The van der Waals surface area contributed by atoms with Crippen LogP contribution in [0, 0.1) is 17.8 Å². The topological polar surface area (TPSA) is 17.1 Å². The molecule has 0 aromatic rings. The van der Waals surface area contributed by atoms with E-state index in [4.69, 9.17) is 0 Å². The fourth-order valence-electron chi connectivity index (χ4n) is 2.62. The molecule has 0 aromatic heterocycles. The van der Waals surface area contributed by atoms with Gasteiger partial charge in [0.2, 0.25) is 0 Å². The molecule has 1 saturated carbocycles. The molecule has 0 heterocycles. The largest absolute Gasteiger partial charge is 0.300 e. The third-order valence-electron chi connectivity index (χ3n) is 3.39. The van der Waals surface area contributed by atoms with Gasteiger partial charge in [0.1, 0.15) is 5.78 Å². The summed E-state index contributed by atoms with van der Waals surface area (Å²) < 4.78 is 0. The first-order valence-electron chi connectivity index (χ1n) is 5.59. The van der Waals surface area contributed by atoms with Crippen molar-refractivity contribution in [2.75, 3.05) is 0 Å². The summed E-state index contributed by atoms with van der Waals surface area (Å²) in [6.45, 7) is 6.29. The second kappa shape index (κ2) is 4.78. The molecule has 0 amide bonds. The number of hydrogen-bond acceptors (Lipinski definition) is 1. The van der Waals surface area contributed by atoms with Gasteiger partial charge < -0.3 is 4.79 Å². The Labute approximate surface area is 81.9 Å². The number of hydrogen-bond donors (Lipinski definition) is 0. The average Bonchev–Trinajstić information content (AvgIpc) is 2.03. The first-order chi connectivity index (χ1) is 6.09. The van der Waals surface area contributed by atoms with Crippen LogP contribution < -0.4 is 0 Å². The molecule has 1 nitrogen and oxygen atoms in total. The predicted molar refractivity (Wildman–Crippen MR) is 55.6 cm³/mol. The minimum atomic E-state index is 0.353. The van der Waals surface area contributed by atoms with E-state index in [1.807, 2.05) is 0 Å². The molecule has 0 spiro atoms. The van der Waals surface area contributed by atoms with Crippen molar-refractivity contribution in [1.82, 2.24) is 0 Å². The lowest BCUT2D eigenvalue weighted by molar-refractivity contribution is -0.118. The normalized spacial score (nSPS) is 31.3. The smallest absolute Gasteiger partial charge is 0.130 e. The quantitative estimate of drug-likeness (QED) is 0.653. The van der Waals surface area contributed by atoms with Gasteiger partial charge in [0.15, 0.2) is 0 Å². The molecule has 13 heavy (non-hydrogen) atoms. The standard InChI is InChI=1S/C12H22O/c1-9-5-4-6-12(7-9)10(2)8-11(3)13/h9-10,12H,4-8H2,1-3H3. The van der Waals surface area contributed by atoms with Crippen molar-refractivity contribution in [3.63, 3.8) is 0 Å². The fraction of sp³-hybridized carbons (Fsp3) is 0.917. The van der Waals surface area contributed by atoms with Crippen LogP contribution in [-0.2, 0) is 4.79 Å². The zero-order valence-electron chi connectivity index (χ0n) is 9.18. The van der Waals surface area contributed by atoms with Crippen molar-refractivity contribution in [2.45, 2.75) is 52.9 Å². The van der Waals surface area contributed by atoms with E-state index in [2.05, 4.69) is 13.8 Å². The zero-order chi connectivity index (χ0) is 9.84. The molecule has 0 N–H and O–H groups in total. The molecule has 1 rings (SSSR count). The van der Waals surface area contributed by atoms with E-state index in [9.17, 15) is 4.79 Å². The van der Waals surface area contributed by atoms with E-state index in [-0.39, 0.29) is 0 Å². The fourth-order valence-corrected chi connectivity index (χ4v) is 2.62. The van der Waals surface area contributed by atoms with Crippen LogP contribution in [0.15, 0.2) is 0 Å². The summed E-state index contributed by atoms with van der Waals surface area (Å²) in [5, 5.41) is 0. The maximum Gasteiger partial charge on any atom is 0.130 e. The Bertz CT molecular complexity index is 174. The van der Waals surface area contributed by atoms with Crippen LogP contribution >= 0.6 is 0 Å². The third-order valence-corrected chi connectivity index (χ3v) is 3.39. The van der Waals surface area contributed by atoms with E-state index in [0.29, 0.717) is 11.7 Å². The molecular formula is C12H22O. The molecule has 1 aliphatic carbocycles. The van der Waals surface area contributed by atoms with Gasteiger partial charge >= 0.3 is 0 Å². The van der Waals surface area contributed by atoms with Crippen LogP contribution in [0.4, 0.5) is 0 Å². The second-order valence-electron chi connectivity index (χ2n) is 4.92. The SMILES string of the molecule is CC(=O)CC(C)C1CCCC(C)C1. The summed E-state index contributed by atoms with van der Waals surface area (Å²) in [6.07, 6.45) is 6.24. The summed E-state index contributed by atoms with van der Waals surface area (Å²) in [4.78, 5) is 11.0. The molecule has 3 atom stereocenters. The van der Waals surface area contributed by atoms with E-state index in [1.165, 1.54) is 25.7 Å². The van der Waals surface area contributed by atoms with Gasteiger partial charge in [-0.2, -0.15) is 0 Å². The Morgan fingerprint density at radius 1 is 1.46 bits per heavy atom.